The minimum absolute atomic E-state index is 0.0453. The predicted molar refractivity (Wildman–Crippen MR) is 136 cm³/mol. The maximum atomic E-state index is 13.5. The van der Waals surface area contributed by atoms with Crippen LogP contribution in [0.5, 0.6) is 0 Å². The number of rotatable bonds is 3. The highest BCUT2D eigenvalue weighted by Crippen LogP contribution is 2.66. The molecule has 2 heterocycles. The van der Waals surface area contributed by atoms with E-state index >= 15 is 0 Å². The third-order valence-corrected chi connectivity index (χ3v) is 10.5. The number of aromatic amines is 1. The molecule has 6 atom stereocenters. The van der Waals surface area contributed by atoms with Crippen molar-refractivity contribution >= 4 is 22.8 Å². The molecule has 6 heteroatoms. The van der Waals surface area contributed by atoms with Gasteiger partial charge in [-0.2, -0.15) is 0 Å². The van der Waals surface area contributed by atoms with Gasteiger partial charge in [0.2, 0.25) is 11.8 Å². The van der Waals surface area contributed by atoms with Gasteiger partial charge >= 0.3 is 0 Å². The molecule has 3 fully saturated rings. The summed E-state index contributed by atoms with van der Waals surface area (Å²) in [6.07, 6.45) is 7.05. The number of amides is 2. The summed E-state index contributed by atoms with van der Waals surface area (Å²) in [4.78, 5) is 35.9. The Labute approximate surface area is 207 Å². The van der Waals surface area contributed by atoms with E-state index in [0.717, 1.165) is 55.4 Å². The summed E-state index contributed by atoms with van der Waals surface area (Å²) >= 11 is 0. The second-order valence-electron chi connectivity index (χ2n) is 12.2. The Morgan fingerprint density at radius 3 is 2.77 bits per heavy atom. The fourth-order valence-electron chi connectivity index (χ4n) is 8.92. The van der Waals surface area contributed by atoms with E-state index in [-0.39, 0.29) is 28.6 Å². The molecule has 2 amide bonds. The standard InChI is InChI=1S/C29H38N4O2/c1-17-15-18-19-9-10-21(27(35)30-16-24-31-22-7-5-6-8-23(22)32-24)28(19,2)13-11-20(18)29(3)14-12-25(34)33(4)26(17)29/h5-8,18-21H,9-16H2,1-4H3,(H,30,35)(H,31,32). The maximum Gasteiger partial charge on any atom is 0.226 e. The summed E-state index contributed by atoms with van der Waals surface area (Å²) < 4.78 is 0. The molecule has 2 N–H and O–H groups in total. The number of carbonyl (C=O) groups excluding carboxylic acids is 2. The van der Waals surface area contributed by atoms with E-state index in [2.05, 4.69) is 36.1 Å². The molecule has 0 radical (unpaired) electrons. The Morgan fingerprint density at radius 2 is 1.97 bits per heavy atom. The molecule has 1 saturated heterocycles. The van der Waals surface area contributed by atoms with Gasteiger partial charge in [-0.1, -0.05) is 31.6 Å². The first-order valence-corrected chi connectivity index (χ1v) is 13.4. The van der Waals surface area contributed by atoms with Crippen molar-refractivity contribution in [3.8, 4) is 0 Å². The molecule has 6 unspecified atom stereocenters. The van der Waals surface area contributed by atoms with E-state index in [9.17, 15) is 9.59 Å². The lowest BCUT2D eigenvalue weighted by molar-refractivity contribution is -0.138. The molecule has 35 heavy (non-hydrogen) atoms. The monoisotopic (exact) mass is 474 g/mol. The Bertz CT molecular complexity index is 1200. The van der Waals surface area contributed by atoms with Crippen LogP contribution in [0.25, 0.3) is 11.0 Å². The summed E-state index contributed by atoms with van der Waals surface area (Å²) in [6.45, 7) is 7.50. The van der Waals surface area contributed by atoms with Gasteiger partial charge < -0.3 is 15.2 Å². The first-order chi connectivity index (χ1) is 16.7. The third kappa shape index (κ3) is 3.31. The van der Waals surface area contributed by atoms with E-state index < -0.39 is 0 Å². The van der Waals surface area contributed by atoms with Crippen molar-refractivity contribution < 1.29 is 9.59 Å². The first-order valence-electron chi connectivity index (χ1n) is 13.4. The topological polar surface area (TPSA) is 78.1 Å². The van der Waals surface area contributed by atoms with Crippen molar-refractivity contribution in [2.45, 2.75) is 72.3 Å². The molecule has 186 valence electrons. The second-order valence-corrected chi connectivity index (χ2v) is 12.2. The van der Waals surface area contributed by atoms with E-state index in [1.807, 2.05) is 36.2 Å². The Morgan fingerprint density at radius 1 is 1.17 bits per heavy atom. The number of benzene rings is 1. The number of aromatic nitrogens is 2. The molecule has 4 aliphatic rings. The number of hydrogen-bond acceptors (Lipinski definition) is 3. The van der Waals surface area contributed by atoms with Gasteiger partial charge in [-0.05, 0) is 80.8 Å². The lowest BCUT2D eigenvalue weighted by atomic mass is 9.48. The van der Waals surface area contributed by atoms with Crippen LogP contribution in [-0.4, -0.2) is 33.7 Å². The van der Waals surface area contributed by atoms with Crippen LogP contribution < -0.4 is 5.32 Å². The maximum absolute atomic E-state index is 13.5. The molecule has 1 aromatic carbocycles. The number of hydrogen-bond donors (Lipinski definition) is 2. The van der Waals surface area contributed by atoms with E-state index in [1.54, 1.807) is 0 Å². The van der Waals surface area contributed by atoms with Crippen molar-refractivity contribution in [2.75, 3.05) is 7.05 Å². The van der Waals surface area contributed by atoms with Crippen LogP contribution in [0.15, 0.2) is 35.5 Å². The number of carbonyl (C=O) groups is 2. The van der Waals surface area contributed by atoms with Gasteiger partial charge in [0.25, 0.3) is 0 Å². The minimum Gasteiger partial charge on any atom is -0.349 e. The van der Waals surface area contributed by atoms with Crippen molar-refractivity contribution in [1.29, 1.82) is 0 Å². The van der Waals surface area contributed by atoms with Gasteiger partial charge in [-0.15, -0.1) is 0 Å². The SMILES string of the molecule is CC1=C2N(C)C(=O)CCC2(C)C2CCC3(C)C(C(=O)NCc4nc5ccccc5[nH]4)CCC3C2C1. The molecular weight excluding hydrogens is 436 g/mol. The summed E-state index contributed by atoms with van der Waals surface area (Å²) in [7, 11) is 1.98. The van der Waals surface area contributed by atoms with Crippen molar-refractivity contribution in [1.82, 2.24) is 20.2 Å². The number of nitrogens with one attached hydrogen (secondary N) is 2. The quantitative estimate of drug-likeness (QED) is 0.644. The second kappa shape index (κ2) is 7.94. The molecular formula is C29H38N4O2. The molecule has 1 aliphatic heterocycles. The number of piperidine rings is 1. The largest absolute Gasteiger partial charge is 0.349 e. The highest BCUT2D eigenvalue weighted by atomic mass is 16.2. The summed E-state index contributed by atoms with van der Waals surface area (Å²) in [5.74, 6) is 3.10. The first kappa shape index (κ1) is 22.8. The van der Waals surface area contributed by atoms with Gasteiger partial charge in [-0.3, -0.25) is 9.59 Å². The molecule has 6 rings (SSSR count). The molecule has 2 saturated carbocycles. The van der Waals surface area contributed by atoms with Crippen molar-refractivity contribution in [2.24, 2.45) is 34.5 Å². The molecule has 3 aliphatic carbocycles. The third-order valence-electron chi connectivity index (χ3n) is 10.5. The van der Waals surface area contributed by atoms with Crippen LogP contribution in [0.4, 0.5) is 0 Å². The summed E-state index contributed by atoms with van der Waals surface area (Å²) in [6, 6.07) is 7.98. The van der Waals surface area contributed by atoms with Gasteiger partial charge in [0, 0.05) is 30.5 Å². The number of nitrogens with zero attached hydrogens (tertiary/aromatic N) is 2. The Hall–Kier alpha value is -2.63. The molecule has 1 aromatic heterocycles. The zero-order chi connectivity index (χ0) is 24.5. The minimum atomic E-state index is 0.0453. The molecule has 6 nitrogen and oxygen atoms in total. The fourth-order valence-corrected chi connectivity index (χ4v) is 8.92. The molecule has 0 bridgehead atoms. The Balaban J connectivity index is 1.21. The van der Waals surface area contributed by atoms with Crippen LogP contribution in [0.2, 0.25) is 0 Å². The van der Waals surface area contributed by atoms with Crippen LogP contribution in [0, 0.1) is 34.5 Å². The van der Waals surface area contributed by atoms with Gasteiger partial charge in [0.15, 0.2) is 0 Å². The lowest BCUT2D eigenvalue weighted by Crippen LogP contribution is -2.55. The highest BCUT2D eigenvalue weighted by molar-refractivity contribution is 5.81. The van der Waals surface area contributed by atoms with Crippen molar-refractivity contribution in [3.05, 3.63) is 41.4 Å². The number of para-hydroxylation sites is 2. The zero-order valence-electron chi connectivity index (χ0n) is 21.5. The van der Waals surface area contributed by atoms with Gasteiger partial charge in [-0.25, -0.2) is 4.98 Å². The number of allylic oxidation sites excluding steroid dienone is 2. The van der Waals surface area contributed by atoms with E-state index in [1.165, 1.54) is 11.3 Å². The average molecular weight is 475 g/mol. The van der Waals surface area contributed by atoms with Crippen LogP contribution >= 0.6 is 0 Å². The average Bonchev–Trinajstić information content (AvgIpc) is 3.40. The highest BCUT2D eigenvalue weighted by Gasteiger charge is 2.61. The number of likely N-dealkylation sites (tertiary alicyclic amines) is 1. The van der Waals surface area contributed by atoms with E-state index in [4.69, 9.17) is 0 Å². The van der Waals surface area contributed by atoms with Crippen molar-refractivity contribution in [3.63, 3.8) is 0 Å². The van der Waals surface area contributed by atoms with Gasteiger partial charge in [0.1, 0.15) is 5.82 Å². The number of imidazole rings is 1. The normalized spacial score (nSPS) is 36.7. The fraction of sp³-hybridized carbons (Fsp3) is 0.621. The van der Waals surface area contributed by atoms with Crippen LogP contribution in [-0.2, 0) is 16.1 Å². The lowest BCUT2D eigenvalue weighted by Gasteiger charge is -2.59. The molecule has 0 spiro atoms. The van der Waals surface area contributed by atoms with Crippen LogP contribution in [0.1, 0.15) is 71.5 Å². The smallest absolute Gasteiger partial charge is 0.226 e. The Kier molecular flexibility index (Phi) is 5.17. The van der Waals surface area contributed by atoms with Crippen LogP contribution in [0.3, 0.4) is 0 Å². The molecule has 2 aromatic rings. The summed E-state index contributed by atoms with van der Waals surface area (Å²) in [5.41, 5.74) is 4.77. The predicted octanol–water partition coefficient (Wildman–Crippen LogP) is 5.17. The number of H-pyrrole nitrogens is 1. The van der Waals surface area contributed by atoms with Gasteiger partial charge in [0.05, 0.1) is 17.6 Å². The van der Waals surface area contributed by atoms with E-state index in [0.29, 0.717) is 30.7 Å². The summed E-state index contributed by atoms with van der Waals surface area (Å²) in [5, 5.41) is 3.22. The number of fused-ring (bicyclic) bond motifs is 6. The zero-order valence-corrected chi connectivity index (χ0v) is 21.5.